The monoisotopic (exact) mass is 721 g/mol. The van der Waals surface area contributed by atoms with Crippen molar-refractivity contribution in [1.82, 2.24) is 0 Å². The van der Waals surface area contributed by atoms with Crippen LogP contribution in [-0.2, 0) is 28.1 Å². The molecule has 1 spiro atoms. The maximum absolute atomic E-state index is 2.77. The van der Waals surface area contributed by atoms with Gasteiger partial charge in [0.2, 0.25) is 0 Å². The van der Waals surface area contributed by atoms with Crippen LogP contribution in [0.1, 0.15) is 133 Å². The zero-order chi connectivity index (χ0) is 37.5. The van der Waals surface area contributed by atoms with E-state index in [0.717, 1.165) is 30.1 Å². The Bertz CT molecular complexity index is 2320. The molecule has 4 fully saturated rings. The fourth-order valence-corrected chi connectivity index (χ4v) is 14.0. The summed E-state index contributed by atoms with van der Waals surface area (Å²) in [7, 11) is 0. The van der Waals surface area contributed by atoms with Crippen LogP contribution in [-0.4, -0.2) is 0 Å². The molecule has 7 aliphatic rings. The van der Waals surface area contributed by atoms with Crippen LogP contribution in [0, 0.1) is 23.7 Å². The Kier molecular flexibility index (Phi) is 7.28. The molecule has 1 nitrogen and oxygen atoms in total. The van der Waals surface area contributed by atoms with Crippen molar-refractivity contribution in [3.63, 3.8) is 0 Å². The summed E-state index contributed by atoms with van der Waals surface area (Å²) in [5, 5.41) is 0. The Morgan fingerprint density at radius 3 is 1.91 bits per heavy atom. The molecule has 280 valence electrons. The summed E-state index contributed by atoms with van der Waals surface area (Å²) in [5.74, 6) is 3.29. The van der Waals surface area contributed by atoms with Crippen molar-refractivity contribution in [2.45, 2.75) is 127 Å². The van der Waals surface area contributed by atoms with Crippen molar-refractivity contribution >= 4 is 17.1 Å². The van der Waals surface area contributed by atoms with Gasteiger partial charge >= 0.3 is 0 Å². The van der Waals surface area contributed by atoms with Gasteiger partial charge in [0, 0.05) is 16.8 Å². The highest BCUT2D eigenvalue weighted by molar-refractivity contribution is 5.90. The first kappa shape index (κ1) is 34.2. The predicted octanol–water partition coefficient (Wildman–Crippen LogP) is 14.5. The van der Waals surface area contributed by atoms with Gasteiger partial charge in [-0.1, -0.05) is 114 Å². The Labute approximate surface area is 330 Å². The van der Waals surface area contributed by atoms with Crippen molar-refractivity contribution in [3.05, 3.63) is 137 Å². The summed E-state index contributed by atoms with van der Waals surface area (Å²) >= 11 is 0. The minimum atomic E-state index is 0.0806. The average Bonchev–Trinajstić information content (AvgIpc) is 3.45. The van der Waals surface area contributed by atoms with Crippen molar-refractivity contribution in [3.8, 4) is 22.3 Å². The lowest BCUT2D eigenvalue weighted by atomic mass is 9.43. The molecule has 5 aromatic rings. The quantitative estimate of drug-likeness (QED) is 0.179. The number of fused-ring (bicyclic) bond motifs is 5. The van der Waals surface area contributed by atoms with Crippen molar-refractivity contribution < 1.29 is 0 Å². The van der Waals surface area contributed by atoms with Gasteiger partial charge in [-0.15, -0.1) is 0 Å². The van der Waals surface area contributed by atoms with E-state index in [1.807, 2.05) is 0 Å². The number of hydrogen-bond acceptors (Lipinski definition) is 1. The average molecular weight is 722 g/mol. The molecule has 1 heteroatoms. The van der Waals surface area contributed by atoms with E-state index in [0.29, 0.717) is 0 Å². The van der Waals surface area contributed by atoms with E-state index in [1.165, 1.54) is 103 Å². The molecule has 5 aromatic carbocycles. The summed E-state index contributed by atoms with van der Waals surface area (Å²) < 4.78 is 0. The van der Waals surface area contributed by atoms with Gasteiger partial charge in [0.25, 0.3) is 0 Å². The first-order valence-electron chi connectivity index (χ1n) is 21.9. The minimum Gasteiger partial charge on any atom is -0.310 e. The molecule has 4 saturated carbocycles. The van der Waals surface area contributed by atoms with Gasteiger partial charge in [-0.3, -0.25) is 0 Å². The molecular formula is C54H59N. The standard InChI is InChI=1S/C54H59N/c1-51(2)24-12-15-42-44(51)16-10-18-48(42)55(49-19-11-17-46-50(49)53(5,6)26-25-52(46,3)4)40-21-22-41-43-32-37(36-13-8-7-9-14-36)20-23-45(43)54(47(41)33-40)38-28-34-27-35(30-38)31-39(54)29-34/h7-11,13-14,16-23,32-35,38-39H,12,15,24-31H2,1-6H3. The molecule has 0 N–H and O–H groups in total. The van der Waals surface area contributed by atoms with Gasteiger partial charge in [0.05, 0.1) is 5.69 Å². The van der Waals surface area contributed by atoms with Crippen LogP contribution in [0.2, 0.25) is 0 Å². The maximum Gasteiger partial charge on any atom is 0.0502 e. The first-order chi connectivity index (χ1) is 26.5. The molecule has 0 heterocycles. The lowest BCUT2D eigenvalue weighted by Gasteiger charge is -2.61. The number of benzene rings is 5. The van der Waals surface area contributed by atoms with E-state index in [-0.39, 0.29) is 21.7 Å². The van der Waals surface area contributed by atoms with Crippen molar-refractivity contribution in [1.29, 1.82) is 0 Å². The van der Waals surface area contributed by atoms with Crippen LogP contribution in [0.3, 0.4) is 0 Å². The smallest absolute Gasteiger partial charge is 0.0502 e. The second-order valence-corrected chi connectivity index (χ2v) is 20.9. The van der Waals surface area contributed by atoms with E-state index in [9.17, 15) is 0 Å². The molecule has 55 heavy (non-hydrogen) atoms. The minimum absolute atomic E-state index is 0.0806. The lowest BCUT2D eigenvalue weighted by Crippen LogP contribution is -2.55. The molecule has 0 aromatic heterocycles. The SMILES string of the molecule is CC1(C)CCCc2c(N(c3ccc4c(c3)C3(c5ccc(-c6ccccc6)cc5-4)C4CC5CC(C4)CC3C5)c3cccc4c3C(C)(C)CCC4(C)C)cccc21. The molecule has 12 rings (SSSR count). The largest absolute Gasteiger partial charge is 0.310 e. The van der Waals surface area contributed by atoms with E-state index in [4.69, 9.17) is 0 Å². The lowest BCUT2D eigenvalue weighted by molar-refractivity contribution is -0.0399. The van der Waals surface area contributed by atoms with Crippen molar-refractivity contribution in [2.24, 2.45) is 23.7 Å². The summed E-state index contributed by atoms with van der Waals surface area (Å²) in [4.78, 5) is 2.77. The van der Waals surface area contributed by atoms with Crippen LogP contribution in [0.15, 0.2) is 103 Å². The molecular weight excluding hydrogens is 663 g/mol. The summed E-state index contributed by atoms with van der Waals surface area (Å²) in [6.07, 6.45) is 13.1. The second kappa shape index (κ2) is 11.7. The second-order valence-electron chi connectivity index (χ2n) is 20.9. The molecule has 0 radical (unpaired) electrons. The Hall–Kier alpha value is -4.10. The van der Waals surface area contributed by atoms with Crippen LogP contribution in [0.4, 0.5) is 17.1 Å². The van der Waals surface area contributed by atoms with Crippen LogP contribution in [0.5, 0.6) is 0 Å². The highest BCUT2D eigenvalue weighted by Gasteiger charge is 2.61. The van der Waals surface area contributed by atoms with Crippen LogP contribution < -0.4 is 4.90 Å². The highest BCUT2D eigenvalue weighted by atomic mass is 15.1. The molecule has 0 saturated heterocycles. The van der Waals surface area contributed by atoms with E-state index in [2.05, 4.69) is 150 Å². The normalized spacial score (nSPS) is 28.3. The maximum atomic E-state index is 2.77. The predicted molar refractivity (Wildman–Crippen MR) is 231 cm³/mol. The summed E-state index contributed by atoms with van der Waals surface area (Å²) in [6, 6.07) is 41.1. The topological polar surface area (TPSA) is 3.24 Å². The third-order valence-electron chi connectivity index (χ3n) is 16.4. The third-order valence-corrected chi connectivity index (χ3v) is 16.4. The van der Waals surface area contributed by atoms with Crippen LogP contribution >= 0.6 is 0 Å². The van der Waals surface area contributed by atoms with Crippen molar-refractivity contribution in [2.75, 3.05) is 4.90 Å². The Balaban J connectivity index is 1.18. The molecule has 7 aliphatic carbocycles. The number of hydrogen-bond donors (Lipinski definition) is 0. The molecule has 0 unspecified atom stereocenters. The zero-order valence-corrected chi connectivity index (χ0v) is 34.1. The Morgan fingerprint density at radius 2 is 1.16 bits per heavy atom. The molecule has 0 aliphatic heterocycles. The highest BCUT2D eigenvalue weighted by Crippen LogP contribution is 2.70. The molecule has 4 bridgehead atoms. The van der Waals surface area contributed by atoms with E-state index in [1.54, 1.807) is 27.8 Å². The van der Waals surface area contributed by atoms with Gasteiger partial charge < -0.3 is 4.90 Å². The van der Waals surface area contributed by atoms with Gasteiger partial charge in [-0.2, -0.15) is 0 Å². The molecule has 0 atom stereocenters. The van der Waals surface area contributed by atoms with E-state index >= 15 is 0 Å². The van der Waals surface area contributed by atoms with Gasteiger partial charge in [-0.25, -0.2) is 0 Å². The number of rotatable bonds is 4. The van der Waals surface area contributed by atoms with E-state index < -0.39 is 0 Å². The van der Waals surface area contributed by atoms with Gasteiger partial charge in [0.15, 0.2) is 0 Å². The summed E-state index contributed by atoms with van der Waals surface area (Å²) in [6.45, 7) is 14.9. The van der Waals surface area contributed by atoms with Crippen LogP contribution in [0.25, 0.3) is 22.3 Å². The fourth-order valence-electron chi connectivity index (χ4n) is 14.0. The number of nitrogens with zero attached hydrogens (tertiary/aromatic N) is 1. The zero-order valence-electron chi connectivity index (χ0n) is 34.1. The fraction of sp³-hybridized carbons (Fsp3) is 0.444. The number of anilines is 3. The molecule has 0 amide bonds. The Morgan fingerprint density at radius 1 is 0.491 bits per heavy atom. The van der Waals surface area contributed by atoms with Gasteiger partial charge in [-0.05, 0) is 190 Å². The van der Waals surface area contributed by atoms with Gasteiger partial charge in [0.1, 0.15) is 0 Å². The third kappa shape index (κ3) is 4.83. The summed E-state index contributed by atoms with van der Waals surface area (Å²) in [5.41, 5.74) is 19.8. The first-order valence-corrected chi connectivity index (χ1v) is 21.9.